The topological polar surface area (TPSA) is 51.8 Å². The quantitative estimate of drug-likeness (QED) is 0.186. The summed E-state index contributed by atoms with van der Waals surface area (Å²) in [5.41, 5.74) is 9.71. The van der Waals surface area contributed by atoms with Gasteiger partial charge >= 0.3 is 0 Å². The molecule has 0 bridgehead atoms. The lowest BCUT2D eigenvalue weighted by atomic mass is 9.82. The van der Waals surface area contributed by atoms with Crippen molar-refractivity contribution in [2.24, 2.45) is 0 Å². The summed E-state index contributed by atoms with van der Waals surface area (Å²) in [6.45, 7) is 4.59. The van der Waals surface area contributed by atoms with Gasteiger partial charge in [-0.05, 0) is 80.2 Å². The molecule has 0 atom stereocenters. The number of rotatable bonds is 3. The average molecular weight is 616 g/mol. The first-order chi connectivity index (χ1) is 23.5. The van der Waals surface area contributed by atoms with Gasteiger partial charge in [0.2, 0.25) is 0 Å². The lowest BCUT2D eigenvalue weighted by Crippen LogP contribution is -2.14. The van der Waals surface area contributed by atoms with Crippen LogP contribution in [0, 0.1) is 0 Å². The Labute approximate surface area is 277 Å². The lowest BCUT2D eigenvalue weighted by molar-refractivity contribution is 0.647. The highest BCUT2D eigenvalue weighted by molar-refractivity contribution is 6.13. The van der Waals surface area contributed by atoms with Crippen molar-refractivity contribution < 1.29 is 4.42 Å². The maximum absolute atomic E-state index is 6.48. The highest BCUT2D eigenvalue weighted by Crippen LogP contribution is 2.50. The van der Waals surface area contributed by atoms with Crippen molar-refractivity contribution in [2.75, 3.05) is 0 Å². The maximum Gasteiger partial charge on any atom is 0.164 e. The van der Waals surface area contributed by atoms with Crippen LogP contribution in [0.5, 0.6) is 0 Å². The van der Waals surface area contributed by atoms with Crippen molar-refractivity contribution in [1.82, 2.24) is 15.0 Å². The number of nitrogens with zero attached hydrogens (tertiary/aromatic N) is 3. The summed E-state index contributed by atoms with van der Waals surface area (Å²) in [7, 11) is 0. The predicted octanol–water partition coefficient (Wildman–Crippen LogP) is 11.4. The van der Waals surface area contributed by atoms with Crippen LogP contribution in [-0.4, -0.2) is 15.0 Å². The second kappa shape index (κ2) is 9.93. The van der Waals surface area contributed by atoms with Gasteiger partial charge in [0.15, 0.2) is 17.5 Å². The molecule has 1 aliphatic rings. The van der Waals surface area contributed by atoms with Crippen LogP contribution in [0.3, 0.4) is 0 Å². The molecule has 4 nitrogen and oxygen atoms in total. The molecular weight excluding hydrogens is 587 g/mol. The molecule has 9 aromatic rings. The minimum atomic E-state index is -0.0910. The number of aromatic nitrogens is 3. The lowest BCUT2D eigenvalue weighted by Gasteiger charge is -2.21. The van der Waals surface area contributed by atoms with Crippen molar-refractivity contribution in [1.29, 1.82) is 0 Å². The molecule has 0 N–H and O–H groups in total. The Balaban J connectivity index is 1.20. The number of hydrogen-bond donors (Lipinski definition) is 0. The van der Waals surface area contributed by atoms with Crippen LogP contribution < -0.4 is 0 Å². The van der Waals surface area contributed by atoms with E-state index in [4.69, 9.17) is 19.4 Å². The van der Waals surface area contributed by atoms with Crippen LogP contribution in [0.2, 0.25) is 0 Å². The molecule has 226 valence electrons. The van der Waals surface area contributed by atoms with E-state index in [1.807, 2.05) is 36.4 Å². The van der Waals surface area contributed by atoms with E-state index >= 15 is 0 Å². The van der Waals surface area contributed by atoms with Gasteiger partial charge < -0.3 is 4.42 Å². The zero-order valence-electron chi connectivity index (χ0n) is 26.5. The Morgan fingerprint density at radius 2 is 1.08 bits per heavy atom. The van der Waals surface area contributed by atoms with Crippen LogP contribution in [0.25, 0.3) is 88.8 Å². The third kappa shape index (κ3) is 3.93. The molecule has 2 aromatic heterocycles. The highest BCUT2D eigenvalue weighted by Gasteiger charge is 2.36. The second-order valence-corrected chi connectivity index (χ2v) is 13.2. The Morgan fingerprint density at radius 1 is 0.417 bits per heavy atom. The summed E-state index contributed by atoms with van der Waals surface area (Å²) < 4.78 is 6.48. The summed E-state index contributed by atoms with van der Waals surface area (Å²) in [5.74, 6) is 1.91. The normalized spacial score (nSPS) is 13.4. The molecule has 0 saturated heterocycles. The number of hydrogen-bond acceptors (Lipinski definition) is 4. The third-order valence-corrected chi connectivity index (χ3v) is 10.1. The monoisotopic (exact) mass is 615 g/mol. The zero-order chi connectivity index (χ0) is 32.0. The van der Waals surface area contributed by atoms with E-state index in [1.54, 1.807) is 0 Å². The molecule has 48 heavy (non-hydrogen) atoms. The van der Waals surface area contributed by atoms with Crippen molar-refractivity contribution in [3.05, 3.63) is 151 Å². The minimum absolute atomic E-state index is 0.0910. The number of benzene rings is 7. The standard InChI is InChI=1S/C44H29N3O/c1-44(2)37-19-11-10-18-32(37)33-24-35-34-23-28(20-21-39(34)48-40(35)25-38(33)44)42-45-41(26-12-4-3-5-13-26)46-43(47-42)36-22-27-14-6-7-15-29(27)30-16-8-9-17-31(30)36/h3-25H,1-2H3. The van der Waals surface area contributed by atoms with E-state index in [1.165, 1.54) is 33.0 Å². The third-order valence-electron chi connectivity index (χ3n) is 10.1. The Kier molecular flexibility index (Phi) is 5.59. The second-order valence-electron chi connectivity index (χ2n) is 13.2. The van der Waals surface area contributed by atoms with Gasteiger partial charge in [0, 0.05) is 32.9 Å². The molecule has 0 aliphatic heterocycles. The van der Waals surface area contributed by atoms with Crippen LogP contribution in [-0.2, 0) is 5.41 Å². The summed E-state index contributed by atoms with van der Waals surface area (Å²) in [4.78, 5) is 15.3. The minimum Gasteiger partial charge on any atom is -0.456 e. The molecule has 0 spiro atoms. The van der Waals surface area contributed by atoms with E-state index in [2.05, 4.69) is 117 Å². The van der Waals surface area contributed by atoms with Gasteiger partial charge in [0.25, 0.3) is 0 Å². The predicted molar refractivity (Wildman–Crippen MR) is 196 cm³/mol. The van der Waals surface area contributed by atoms with Gasteiger partial charge in [0.1, 0.15) is 11.2 Å². The molecule has 0 amide bonds. The van der Waals surface area contributed by atoms with Gasteiger partial charge in [-0.15, -0.1) is 0 Å². The van der Waals surface area contributed by atoms with Crippen molar-refractivity contribution >= 4 is 43.5 Å². The van der Waals surface area contributed by atoms with Gasteiger partial charge in [-0.3, -0.25) is 0 Å². The maximum atomic E-state index is 6.48. The van der Waals surface area contributed by atoms with Gasteiger partial charge in [-0.2, -0.15) is 0 Å². The van der Waals surface area contributed by atoms with Gasteiger partial charge in [-0.25, -0.2) is 15.0 Å². The molecule has 10 rings (SSSR count). The van der Waals surface area contributed by atoms with Crippen molar-refractivity contribution in [2.45, 2.75) is 19.3 Å². The fourth-order valence-corrected chi connectivity index (χ4v) is 7.69. The van der Waals surface area contributed by atoms with Crippen molar-refractivity contribution in [3.63, 3.8) is 0 Å². The average Bonchev–Trinajstić information content (AvgIpc) is 3.61. The summed E-state index contributed by atoms with van der Waals surface area (Å²) in [5, 5.41) is 6.79. The van der Waals surface area contributed by atoms with Crippen LogP contribution >= 0.6 is 0 Å². The molecule has 4 heteroatoms. The molecule has 7 aromatic carbocycles. The van der Waals surface area contributed by atoms with Gasteiger partial charge in [-0.1, -0.05) is 117 Å². The molecule has 2 heterocycles. The van der Waals surface area contributed by atoms with Crippen LogP contribution in [0.1, 0.15) is 25.0 Å². The van der Waals surface area contributed by atoms with E-state index < -0.39 is 0 Å². The Bertz CT molecular complexity index is 2760. The first kappa shape index (κ1) is 27.0. The first-order valence-corrected chi connectivity index (χ1v) is 16.4. The fraction of sp³-hybridized carbons (Fsp3) is 0.0682. The SMILES string of the molecule is CC1(C)c2ccccc2-c2cc3c(cc21)oc1ccc(-c2nc(-c4ccccc4)nc(-c4cc5ccccc5c5ccccc45)n2)cc13. The molecule has 1 aliphatic carbocycles. The number of fused-ring (bicyclic) bond motifs is 9. The molecule has 0 radical (unpaired) electrons. The van der Waals surface area contributed by atoms with Crippen molar-refractivity contribution in [3.8, 4) is 45.3 Å². The van der Waals surface area contributed by atoms with Crippen LogP contribution in [0.15, 0.2) is 144 Å². The van der Waals surface area contributed by atoms with E-state index in [0.29, 0.717) is 17.5 Å². The first-order valence-electron chi connectivity index (χ1n) is 16.4. The molecule has 0 unspecified atom stereocenters. The smallest absolute Gasteiger partial charge is 0.164 e. The largest absolute Gasteiger partial charge is 0.456 e. The van der Waals surface area contributed by atoms with E-state index in [9.17, 15) is 0 Å². The molecule has 0 saturated carbocycles. The zero-order valence-corrected chi connectivity index (χ0v) is 26.5. The number of furan rings is 1. The van der Waals surface area contributed by atoms with Crippen LogP contribution in [0.4, 0.5) is 0 Å². The van der Waals surface area contributed by atoms with Gasteiger partial charge in [0.05, 0.1) is 0 Å². The Hall–Kier alpha value is -6.13. The highest BCUT2D eigenvalue weighted by atomic mass is 16.3. The molecule has 0 fully saturated rings. The summed E-state index contributed by atoms with van der Waals surface area (Å²) in [6, 6.07) is 48.9. The molecular formula is C44H29N3O. The summed E-state index contributed by atoms with van der Waals surface area (Å²) >= 11 is 0. The van der Waals surface area contributed by atoms with E-state index in [0.717, 1.165) is 49.4 Å². The Morgan fingerprint density at radius 3 is 1.94 bits per heavy atom. The summed E-state index contributed by atoms with van der Waals surface area (Å²) in [6.07, 6.45) is 0. The fourth-order valence-electron chi connectivity index (χ4n) is 7.69. The van der Waals surface area contributed by atoms with E-state index in [-0.39, 0.29) is 5.41 Å².